The third-order valence-corrected chi connectivity index (χ3v) is 3.66. The first-order chi connectivity index (χ1) is 10.0. The third-order valence-electron chi connectivity index (χ3n) is 3.17. The molecule has 0 bridgehead atoms. The maximum atomic E-state index is 14.0. The molecule has 0 unspecified atom stereocenters. The fourth-order valence-corrected chi connectivity index (χ4v) is 2.55. The second-order valence-corrected chi connectivity index (χ2v) is 5.33. The summed E-state index contributed by atoms with van der Waals surface area (Å²) < 4.78 is 14.7. The van der Waals surface area contributed by atoms with Gasteiger partial charge in [-0.25, -0.2) is 9.29 Å². The Morgan fingerprint density at radius 2 is 1.76 bits per heavy atom. The van der Waals surface area contributed by atoms with Crippen LogP contribution in [0.25, 0.3) is 0 Å². The number of hydrogen-bond donors (Lipinski definition) is 0. The topological polar surface area (TPSA) is 61.2 Å². The molecule has 21 heavy (non-hydrogen) atoms. The summed E-state index contributed by atoms with van der Waals surface area (Å²) in [6, 6.07) is 10.1. The van der Waals surface area contributed by atoms with Crippen molar-refractivity contribution in [2.75, 3.05) is 4.90 Å². The summed E-state index contributed by atoms with van der Waals surface area (Å²) in [5.41, 5.74) is 0.414. The Hall–Kier alpha value is -2.52. The molecule has 0 spiro atoms. The minimum atomic E-state index is -0.789. The molecular formula is C15H6BrFN2O2. The van der Waals surface area contributed by atoms with Crippen LogP contribution < -0.4 is 4.90 Å². The molecule has 2 aromatic rings. The molecule has 2 amide bonds. The Morgan fingerprint density at radius 3 is 2.43 bits per heavy atom. The van der Waals surface area contributed by atoms with Gasteiger partial charge in [-0.05, 0) is 36.4 Å². The minimum Gasteiger partial charge on any atom is -0.268 e. The van der Waals surface area contributed by atoms with Crippen LogP contribution in [-0.4, -0.2) is 11.8 Å². The molecule has 0 saturated heterocycles. The van der Waals surface area contributed by atoms with Gasteiger partial charge in [-0.1, -0.05) is 15.9 Å². The molecule has 6 heteroatoms. The van der Waals surface area contributed by atoms with E-state index >= 15 is 0 Å². The molecule has 0 radical (unpaired) electrons. The maximum absolute atomic E-state index is 14.0. The van der Waals surface area contributed by atoms with E-state index in [4.69, 9.17) is 5.26 Å². The van der Waals surface area contributed by atoms with E-state index in [0.717, 1.165) is 11.0 Å². The predicted octanol–water partition coefficient (Wildman–Crippen LogP) is 3.26. The number of carbonyl (C=O) groups is 2. The van der Waals surface area contributed by atoms with Crippen molar-refractivity contribution >= 4 is 33.4 Å². The van der Waals surface area contributed by atoms with Gasteiger partial charge in [0, 0.05) is 4.47 Å². The van der Waals surface area contributed by atoms with E-state index < -0.39 is 17.6 Å². The third kappa shape index (κ3) is 2.03. The van der Waals surface area contributed by atoms with Crippen molar-refractivity contribution in [1.82, 2.24) is 0 Å². The smallest absolute Gasteiger partial charge is 0.266 e. The highest BCUT2D eigenvalue weighted by atomic mass is 79.9. The first-order valence-corrected chi connectivity index (χ1v) is 6.70. The zero-order valence-corrected chi connectivity index (χ0v) is 12.0. The first kappa shape index (κ1) is 13.5. The maximum Gasteiger partial charge on any atom is 0.266 e. The summed E-state index contributed by atoms with van der Waals surface area (Å²) in [5, 5.41) is 8.73. The quantitative estimate of drug-likeness (QED) is 0.746. The molecule has 0 aliphatic carbocycles. The van der Waals surface area contributed by atoms with Crippen molar-refractivity contribution in [1.29, 1.82) is 5.26 Å². The van der Waals surface area contributed by atoms with Gasteiger partial charge >= 0.3 is 0 Å². The van der Waals surface area contributed by atoms with Gasteiger partial charge in [-0.15, -0.1) is 0 Å². The van der Waals surface area contributed by atoms with Crippen LogP contribution in [0.2, 0.25) is 0 Å². The number of rotatable bonds is 1. The van der Waals surface area contributed by atoms with E-state index in [1.807, 2.05) is 0 Å². The van der Waals surface area contributed by atoms with Crippen LogP contribution in [0.4, 0.5) is 10.1 Å². The zero-order chi connectivity index (χ0) is 15.1. The van der Waals surface area contributed by atoms with Crippen molar-refractivity contribution in [3.8, 4) is 6.07 Å². The van der Waals surface area contributed by atoms with Gasteiger partial charge in [-0.2, -0.15) is 5.26 Å². The lowest BCUT2D eigenvalue weighted by Crippen LogP contribution is -2.30. The first-order valence-electron chi connectivity index (χ1n) is 5.91. The molecule has 1 aliphatic heterocycles. The SMILES string of the molecule is N#Cc1ccc(N2C(=O)c3ccc(Br)cc3C2=O)c(F)c1. The Morgan fingerprint density at radius 1 is 1.05 bits per heavy atom. The summed E-state index contributed by atoms with van der Waals surface area (Å²) >= 11 is 3.23. The Bertz CT molecular complexity index is 842. The highest BCUT2D eigenvalue weighted by Gasteiger charge is 2.37. The molecule has 2 aromatic carbocycles. The van der Waals surface area contributed by atoms with Crippen LogP contribution in [0, 0.1) is 17.1 Å². The molecular weight excluding hydrogens is 339 g/mol. The fourth-order valence-electron chi connectivity index (χ4n) is 2.19. The van der Waals surface area contributed by atoms with E-state index in [9.17, 15) is 14.0 Å². The van der Waals surface area contributed by atoms with Crippen molar-refractivity contribution < 1.29 is 14.0 Å². The van der Waals surface area contributed by atoms with E-state index in [0.29, 0.717) is 4.47 Å². The van der Waals surface area contributed by atoms with Gasteiger partial charge in [0.2, 0.25) is 0 Å². The molecule has 0 aromatic heterocycles. The molecule has 0 N–H and O–H groups in total. The molecule has 0 saturated carbocycles. The lowest BCUT2D eigenvalue weighted by molar-refractivity contribution is 0.0925. The average Bonchev–Trinajstić information content (AvgIpc) is 2.71. The van der Waals surface area contributed by atoms with E-state index in [1.165, 1.54) is 24.3 Å². The van der Waals surface area contributed by atoms with Crippen molar-refractivity contribution in [3.63, 3.8) is 0 Å². The number of fused-ring (bicyclic) bond motifs is 1. The number of carbonyl (C=O) groups excluding carboxylic acids is 2. The van der Waals surface area contributed by atoms with Crippen LogP contribution >= 0.6 is 15.9 Å². The van der Waals surface area contributed by atoms with Crippen molar-refractivity contribution in [3.05, 3.63) is 63.4 Å². The fraction of sp³-hybridized carbons (Fsp3) is 0. The second kappa shape index (κ2) is 4.79. The zero-order valence-electron chi connectivity index (χ0n) is 10.4. The molecule has 0 fully saturated rings. The van der Waals surface area contributed by atoms with E-state index in [-0.39, 0.29) is 22.4 Å². The number of halogens is 2. The van der Waals surface area contributed by atoms with Crippen molar-refractivity contribution in [2.24, 2.45) is 0 Å². The van der Waals surface area contributed by atoms with Crippen molar-refractivity contribution in [2.45, 2.75) is 0 Å². The molecule has 3 rings (SSSR count). The van der Waals surface area contributed by atoms with Gasteiger partial charge in [0.25, 0.3) is 11.8 Å². The lowest BCUT2D eigenvalue weighted by atomic mass is 10.1. The number of anilines is 1. The molecule has 1 aliphatic rings. The number of nitriles is 1. The molecule has 102 valence electrons. The lowest BCUT2D eigenvalue weighted by Gasteiger charge is -2.14. The standard InChI is InChI=1S/C15H6BrFN2O2/c16-9-2-3-10-11(6-9)15(21)19(14(10)20)13-4-1-8(7-18)5-12(13)17/h1-6H. The van der Waals surface area contributed by atoms with Crippen LogP contribution in [0.5, 0.6) is 0 Å². The molecule has 1 heterocycles. The highest BCUT2D eigenvalue weighted by molar-refractivity contribution is 9.10. The number of nitrogens with zero attached hydrogens (tertiary/aromatic N) is 2. The predicted molar refractivity (Wildman–Crippen MR) is 76.4 cm³/mol. The second-order valence-electron chi connectivity index (χ2n) is 4.41. The van der Waals surface area contributed by atoms with Gasteiger partial charge in [-0.3, -0.25) is 9.59 Å². The number of amides is 2. The largest absolute Gasteiger partial charge is 0.268 e. The van der Waals surface area contributed by atoms with Crippen LogP contribution in [-0.2, 0) is 0 Å². The van der Waals surface area contributed by atoms with Gasteiger partial charge in [0.15, 0.2) is 0 Å². The molecule has 0 atom stereocenters. The molecule has 4 nitrogen and oxygen atoms in total. The highest BCUT2D eigenvalue weighted by Crippen LogP contribution is 2.31. The van der Waals surface area contributed by atoms with Crippen LogP contribution in [0.3, 0.4) is 0 Å². The average molecular weight is 345 g/mol. The van der Waals surface area contributed by atoms with E-state index in [1.54, 1.807) is 12.1 Å². The van der Waals surface area contributed by atoms with Gasteiger partial charge in [0.05, 0.1) is 28.4 Å². The summed E-state index contributed by atoms with van der Waals surface area (Å²) in [5.74, 6) is -1.95. The van der Waals surface area contributed by atoms with Gasteiger partial charge in [0.1, 0.15) is 5.82 Å². The summed E-state index contributed by atoms with van der Waals surface area (Å²) in [6.45, 7) is 0. The summed E-state index contributed by atoms with van der Waals surface area (Å²) in [6.07, 6.45) is 0. The Kier molecular flexibility index (Phi) is 3.07. The minimum absolute atomic E-state index is 0.121. The number of hydrogen-bond acceptors (Lipinski definition) is 3. The Balaban J connectivity index is 2.12. The van der Waals surface area contributed by atoms with Gasteiger partial charge < -0.3 is 0 Å². The summed E-state index contributed by atoms with van der Waals surface area (Å²) in [4.78, 5) is 25.4. The number of imide groups is 1. The Labute approximate surface area is 127 Å². The summed E-state index contributed by atoms with van der Waals surface area (Å²) in [7, 11) is 0. The van der Waals surface area contributed by atoms with Crippen LogP contribution in [0.15, 0.2) is 40.9 Å². The monoisotopic (exact) mass is 344 g/mol. The normalized spacial score (nSPS) is 13.3. The number of benzene rings is 2. The van der Waals surface area contributed by atoms with E-state index in [2.05, 4.69) is 15.9 Å². The van der Waals surface area contributed by atoms with Crippen LogP contribution in [0.1, 0.15) is 26.3 Å².